The van der Waals surface area contributed by atoms with Crippen molar-refractivity contribution in [2.75, 3.05) is 24.6 Å². The normalized spacial score (nSPS) is 18.6. The largest absolute Gasteiger partial charge is 0.372 e. The van der Waals surface area contributed by atoms with Gasteiger partial charge >= 0.3 is 0 Å². The molecule has 0 bridgehead atoms. The van der Waals surface area contributed by atoms with Crippen LogP contribution in [0.25, 0.3) is 0 Å². The predicted molar refractivity (Wildman–Crippen MR) is 85.7 cm³/mol. The highest BCUT2D eigenvalue weighted by molar-refractivity contribution is 6.31. The quantitative estimate of drug-likeness (QED) is 0.921. The van der Waals surface area contributed by atoms with Crippen molar-refractivity contribution in [3.8, 4) is 0 Å². The fraction of sp³-hybridized carbons (Fsp3) is 0.625. The molecule has 3 nitrogen and oxygen atoms in total. The van der Waals surface area contributed by atoms with E-state index in [1.807, 2.05) is 0 Å². The lowest BCUT2D eigenvalue weighted by molar-refractivity contribution is -0.0276. The smallest absolute Gasteiger partial charge is 0.0801 e. The molecule has 4 heteroatoms. The molecule has 1 N–H and O–H groups in total. The molecule has 112 valence electrons. The highest BCUT2D eigenvalue weighted by Crippen LogP contribution is 2.27. The van der Waals surface area contributed by atoms with Gasteiger partial charge in [0, 0.05) is 36.4 Å². The van der Waals surface area contributed by atoms with Gasteiger partial charge in [0.1, 0.15) is 0 Å². The van der Waals surface area contributed by atoms with Crippen molar-refractivity contribution in [3.63, 3.8) is 0 Å². The fourth-order valence-corrected chi connectivity index (χ4v) is 2.67. The van der Waals surface area contributed by atoms with Crippen molar-refractivity contribution in [1.82, 2.24) is 5.32 Å². The molecule has 0 saturated carbocycles. The first kappa shape index (κ1) is 15.6. The van der Waals surface area contributed by atoms with Crippen LogP contribution in [0.15, 0.2) is 18.2 Å². The van der Waals surface area contributed by atoms with Crippen molar-refractivity contribution < 1.29 is 4.74 Å². The first-order valence-electron chi connectivity index (χ1n) is 7.28. The van der Waals surface area contributed by atoms with Gasteiger partial charge in [-0.3, -0.25) is 0 Å². The van der Waals surface area contributed by atoms with Crippen molar-refractivity contribution in [1.29, 1.82) is 0 Å². The average molecular weight is 297 g/mol. The minimum atomic E-state index is -0.0946. The van der Waals surface area contributed by atoms with Crippen molar-refractivity contribution >= 4 is 17.3 Å². The number of anilines is 1. The van der Waals surface area contributed by atoms with Crippen LogP contribution in [0.3, 0.4) is 0 Å². The fourth-order valence-electron chi connectivity index (χ4n) is 2.43. The van der Waals surface area contributed by atoms with E-state index < -0.39 is 0 Å². The number of morpholine rings is 1. The van der Waals surface area contributed by atoms with Crippen LogP contribution in [-0.2, 0) is 11.3 Å². The second-order valence-corrected chi connectivity index (χ2v) is 6.75. The van der Waals surface area contributed by atoms with Gasteiger partial charge in [0.25, 0.3) is 0 Å². The van der Waals surface area contributed by atoms with Crippen LogP contribution >= 0.6 is 11.6 Å². The first-order valence-corrected chi connectivity index (χ1v) is 7.66. The molecule has 1 heterocycles. The Balaban J connectivity index is 2.08. The number of hydrogen-bond donors (Lipinski definition) is 1. The third kappa shape index (κ3) is 4.11. The monoisotopic (exact) mass is 296 g/mol. The zero-order chi connectivity index (χ0) is 14.8. The maximum atomic E-state index is 6.41. The van der Waals surface area contributed by atoms with Crippen LogP contribution in [0.4, 0.5) is 5.69 Å². The van der Waals surface area contributed by atoms with Crippen LogP contribution in [0.5, 0.6) is 0 Å². The number of halogens is 1. The SMILES string of the molecule is CC(C)NCc1ccc(N2CCOC(C)(C)C2)cc1Cl. The highest BCUT2D eigenvalue weighted by Gasteiger charge is 2.27. The lowest BCUT2D eigenvalue weighted by Gasteiger charge is -2.39. The molecule has 0 atom stereocenters. The van der Waals surface area contributed by atoms with E-state index in [1.54, 1.807) is 0 Å². The molecule has 1 aromatic carbocycles. The Morgan fingerprint density at radius 3 is 2.75 bits per heavy atom. The van der Waals surface area contributed by atoms with Gasteiger partial charge in [-0.05, 0) is 31.5 Å². The van der Waals surface area contributed by atoms with E-state index in [0.717, 1.165) is 36.8 Å². The predicted octanol–water partition coefficient (Wildman–Crippen LogP) is 3.45. The molecule has 1 saturated heterocycles. The summed E-state index contributed by atoms with van der Waals surface area (Å²) in [5, 5.41) is 4.23. The zero-order valence-electron chi connectivity index (χ0n) is 12.9. The molecule has 0 amide bonds. The molecule has 0 spiro atoms. The lowest BCUT2D eigenvalue weighted by atomic mass is 10.1. The number of ether oxygens (including phenoxy) is 1. The minimum Gasteiger partial charge on any atom is -0.372 e. The number of benzene rings is 1. The van der Waals surface area contributed by atoms with Crippen LogP contribution < -0.4 is 10.2 Å². The summed E-state index contributed by atoms with van der Waals surface area (Å²) in [6.07, 6.45) is 0. The Hall–Kier alpha value is -0.770. The van der Waals surface area contributed by atoms with Crippen LogP contribution in [0.2, 0.25) is 5.02 Å². The summed E-state index contributed by atoms with van der Waals surface area (Å²) in [7, 11) is 0. The summed E-state index contributed by atoms with van der Waals surface area (Å²) >= 11 is 6.41. The molecule has 1 aromatic rings. The van der Waals surface area contributed by atoms with Gasteiger partial charge in [-0.1, -0.05) is 31.5 Å². The topological polar surface area (TPSA) is 24.5 Å². The van der Waals surface area contributed by atoms with Crippen LogP contribution in [-0.4, -0.2) is 31.3 Å². The van der Waals surface area contributed by atoms with E-state index in [9.17, 15) is 0 Å². The van der Waals surface area contributed by atoms with E-state index in [0.29, 0.717) is 6.04 Å². The second kappa shape index (κ2) is 6.33. The van der Waals surface area contributed by atoms with E-state index in [4.69, 9.17) is 16.3 Å². The number of nitrogens with zero attached hydrogens (tertiary/aromatic N) is 1. The Morgan fingerprint density at radius 1 is 1.40 bits per heavy atom. The molecule has 0 aromatic heterocycles. The molecule has 0 radical (unpaired) electrons. The molecular formula is C16H25ClN2O. The van der Waals surface area contributed by atoms with Gasteiger partial charge in [-0.25, -0.2) is 0 Å². The minimum absolute atomic E-state index is 0.0946. The second-order valence-electron chi connectivity index (χ2n) is 6.34. The van der Waals surface area contributed by atoms with E-state index in [2.05, 4.69) is 56.1 Å². The Labute approximate surface area is 127 Å². The summed E-state index contributed by atoms with van der Waals surface area (Å²) in [6, 6.07) is 6.81. The van der Waals surface area contributed by atoms with Gasteiger partial charge in [0.2, 0.25) is 0 Å². The third-order valence-electron chi connectivity index (χ3n) is 3.53. The average Bonchev–Trinajstić information content (AvgIpc) is 2.36. The summed E-state index contributed by atoms with van der Waals surface area (Å²) in [5.74, 6) is 0. The van der Waals surface area contributed by atoms with Crippen LogP contribution in [0.1, 0.15) is 33.3 Å². The molecule has 1 fully saturated rings. The van der Waals surface area contributed by atoms with E-state index in [1.165, 1.54) is 5.69 Å². The van der Waals surface area contributed by atoms with Gasteiger partial charge < -0.3 is 15.0 Å². The number of hydrogen-bond acceptors (Lipinski definition) is 3. The van der Waals surface area contributed by atoms with Gasteiger partial charge in [-0.2, -0.15) is 0 Å². The van der Waals surface area contributed by atoms with Gasteiger partial charge in [0.05, 0.1) is 12.2 Å². The van der Waals surface area contributed by atoms with E-state index >= 15 is 0 Å². The lowest BCUT2D eigenvalue weighted by Crippen LogP contribution is -2.48. The Kier molecular flexibility index (Phi) is 4.95. The molecule has 0 aliphatic carbocycles. The number of rotatable bonds is 4. The zero-order valence-corrected chi connectivity index (χ0v) is 13.6. The first-order chi connectivity index (χ1) is 9.37. The maximum absolute atomic E-state index is 6.41. The molecule has 1 aliphatic rings. The van der Waals surface area contributed by atoms with Gasteiger partial charge in [-0.15, -0.1) is 0 Å². The summed E-state index contributed by atoms with van der Waals surface area (Å²) in [4.78, 5) is 2.34. The Bertz CT molecular complexity index is 460. The highest BCUT2D eigenvalue weighted by atomic mass is 35.5. The molecule has 2 rings (SSSR count). The van der Waals surface area contributed by atoms with Crippen LogP contribution in [0, 0.1) is 0 Å². The molecule has 0 unspecified atom stereocenters. The maximum Gasteiger partial charge on any atom is 0.0801 e. The molecule has 20 heavy (non-hydrogen) atoms. The summed E-state index contributed by atoms with van der Waals surface area (Å²) < 4.78 is 5.75. The summed E-state index contributed by atoms with van der Waals surface area (Å²) in [6.45, 7) is 11.9. The van der Waals surface area contributed by atoms with Crippen molar-refractivity contribution in [2.45, 2.75) is 45.9 Å². The summed E-state index contributed by atoms with van der Waals surface area (Å²) in [5.41, 5.74) is 2.24. The number of nitrogens with one attached hydrogen (secondary N) is 1. The van der Waals surface area contributed by atoms with E-state index in [-0.39, 0.29) is 5.60 Å². The molecular weight excluding hydrogens is 272 g/mol. The van der Waals surface area contributed by atoms with Gasteiger partial charge in [0.15, 0.2) is 0 Å². The Morgan fingerprint density at radius 2 is 2.15 bits per heavy atom. The standard InChI is InChI=1S/C16H25ClN2O/c1-12(2)18-10-13-5-6-14(9-15(13)17)19-7-8-20-16(3,4)11-19/h5-6,9,12,18H,7-8,10-11H2,1-4H3. The van der Waals surface area contributed by atoms with Crippen molar-refractivity contribution in [3.05, 3.63) is 28.8 Å². The third-order valence-corrected chi connectivity index (χ3v) is 3.88. The van der Waals surface area contributed by atoms with Crippen molar-refractivity contribution in [2.24, 2.45) is 0 Å². The molecule has 1 aliphatic heterocycles.